The van der Waals surface area contributed by atoms with Gasteiger partial charge in [0.15, 0.2) is 13.2 Å². The first-order chi connectivity index (χ1) is 15.6. The number of rotatable bonds is 7. The summed E-state index contributed by atoms with van der Waals surface area (Å²) >= 11 is 0. The first kappa shape index (κ1) is 25.5. The maximum absolute atomic E-state index is 12.2. The number of nitro benzene ring substituents is 1. The molecule has 1 aromatic carbocycles. The van der Waals surface area contributed by atoms with Crippen LogP contribution in [0.1, 0.15) is 25.0 Å². The van der Waals surface area contributed by atoms with Crippen LogP contribution in [0.2, 0.25) is 0 Å². The molecule has 2 heterocycles. The number of hydrogen-bond donors (Lipinski definition) is 0. The molecule has 2 unspecified atom stereocenters. The molecule has 33 heavy (non-hydrogen) atoms. The first-order valence-electron chi connectivity index (χ1n) is 9.58. The Morgan fingerprint density at radius 2 is 1.55 bits per heavy atom. The van der Waals surface area contributed by atoms with Crippen LogP contribution in [0.15, 0.2) is 42.5 Å². The summed E-state index contributed by atoms with van der Waals surface area (Å²) in [5, 5.41) is 11.5. The summed E-state index contributed by atoms with van der Waals surface area (Å²) in [5.41, 5.74) is 0.529. The molecule has 12 nitrogen and oxygen atoms in total. The lowest BCUT2D eigenvalue weighted by atomic mass is 10.1. The van der Waals surface area contributed by atoms with Gasteiger partial charge in [0.05, 0.1) is 23.7 Å². The third-order valence-electron chi connectivity index (χ3n) is 4.06. The monoisotopic (exact) mass is 465 g/mol. The van der Waals surface area contributed by atoms with Gasteiger partial charge in [-0.05, 0) is 25.5 Å². The normalized spacial score (nSPS) is 18.4. The van der Waals surface area contributed by atoms with Gasteiger partial charge in [-0.25, -0.2) is 14.4 Å². The second-order valence-electron chi connectivity index (χ2n) is 6.94. The van der Waals surface area contributed by atoms with E-state index in [0.29, 0.717) is 5.56 Å². The smallest absolute Gasteiger partial charge is 0.456 e. The van der Waals surface area contributed by atoms with Gasteiger partial charge < -0.3 is 28.4 Å². The molecule has 0 radical (unpaired) electrons. The highest BCUT2D eigenvalue weighted by Gasteiger charge is 2.26. The Labute approximate surface area is 188 Å². The molecule has 0 fully saturated rings. The van der Waals surface area contributed by atoms with Gasteiger partial charge in [-0.3, -0.25) is 10.1 Å². The minimum Gasteiger partial charge on any atom is -0.456 e. The number of fused-ring (bicyclic) bond motifs is 10. The van der Waals surface area contributed by atoms with Crippen molar-refractivity contribution in [1.29, 1.82) is 0 Å². The minimum atomic E-state index is -1.47. The predicted octanol–water partition coefficient (Wildman–Crippen LogP) is 2.69. The molecule has 0 amide bonds. The fourth-order valence-electron chi connectivity index (χ4n) is 2.37. The number of carbonyl (C=O) groups is 3. The topological polar surface area (TPSA) is 150 Å². The van der Waals surface area contributed by atoms with E-state index in [1.807, 2.05) is 0 Å². The zero-order chi connectivity index (χ0) is 24.5. The van der Waals surface area contributed by atoms with Crippen LogP contribution >= 0.6 is 0 Å². The molecule has 2 aliphatic heterocycles. The Morgan fingerprint density at radius 1 is 1.03 bits per heavy atom. The Morgan fingerprint density at radius 3 is 2.03 bits per heavy atom. The van der Waals surface area contributed by atoms with Crippen molar-refractivity contribution in [1.82, 2.24) is 0 Å². The van der Waals surface area contributed by atoms with Crippen molar-refractivity contribution < 1.29 is 47.7 Å². The Kier molecular flexibility index (Phi) is 9.07. The number of nitrogens with zero attached hydrogens (tertiary/aromatic N) is 1. The van der Waals surface area contributed by atoms with Crippen molar-refractivity contribution >= 4 is 23.8 Å². The predicted molar refractivity (Wildman–Crippen MR) is 109 cm³/mol. The van der Waals surface area contributed by atoms with E-state index in [0.717, 1.165) is 0 Å². The van der Waals surface area contributed by atoms with E-state index >= 15 is 0 Å². The van der Waals surface area contributed by atoms with Gasteiger partial charge in [-0.2, -0.15) is 0 Å². The molecular weight excluding hydrogens is 442 g/mol. The zero-order valence-electron chi connectivity index (χ0n) is 18.1. The average molecular weight is 465 g/mol. The lowest BCUT2D eigenvalue weighted by Crippen LogP contribution is -2.33. The van der Waals surface area contributed by atoms with Gasteiger partial charge in [-0.15, -0.1) is 0 Å². The maximum atomic E-state index is 12.2. The van der Waals surface area contributed by atoms with Gasteiger partial charge >= 0.3 is 18.1 Å². The molecule has 2 bridgehead atoms. The molecule has 0 aliphatic carbocycles. The van der Waals surface area contributed by atoms with Crippen molar-refractivity contribution in [2.75, 3.05) is 13.2 Å². The van der Waals surface area contributed by atoms with Crippen molar-refractivity contribution in [3.63, 3.8) is 0 Å². The average Bonchev–Trinajstić information content (AvgIpc) is 2.78. The minimum absolute atomic E-state index is 0.0984. The number of ether oxygens (including phenoxy) is 6. The second kappa shape index (κ2) is 11.7. The summed E-state index contributed by atoms with van der Waals surface area (Å²) in [5.74, 6) is -1.51. The number of hydrogen-bond acceptors (Lipinski definition) is 11. The summed E-state index contributed by atoms with van der Waals surface area (Å²) < 4.78 is 30.8. The molecular formula is C21H23NO11. The summed E-state index contributed by atoms with van der Waals surface area (Å²) in [4.78, 5) is 46.4. The van der Waals surface area contributed by atoms with Gasteiger partial charge in [-0.1, -0.05) is 19.2 Å². The first-order valence-corrected chi connectivity index (χ1v) is 9.58. The van der Waals surface area contributed by atoms with Crippen LogP contribution in [-0.2, 0) is 51.2 Å². The Bertz CT molecular complexity index is 956. The van der Waals surface area contributed by atoms with Crippen LogP contribution in [0, 0.1) is 10.1 Å². The Balaban J connectivity index is 2.26. The number of carbonyl (C=O) groups excluding carboxylic acids is 3. The van der Waals surface area contributed by atoms with E-state index in [-0.39, 0.29) is 35.6 Å². The van der Waals surface area contributed by atoms with E-state index in [1.54, 1.807) is 6.07 Å². The second-order valence-corrected chi connectivity index (χ2v) is 6.94. The third-order valence-corrected chi connectivity index (χ3v) is 4.06. The van der Waals surface area contributed by atoms with E-state index in [1.165, 1.54) is 26.0 Å². The van der Waals surface area contributed by atoms with E-state index in [2.05, 4.69) is 13.2 Å². The maximum Gasteiger partial charge on any atom is 0.513 e. The lowest BCUT2D eigenvalue weighted by molar-refractivity contribution is -0.386. The molecule has 0 N–H and O–H groups in total. The molecule has 0 saturated heterocycles. The quantitative estimate of drug-likeness (QED) is 0.192. The van der Waals surface area contributed by atoms with Crippen LogP contribution in [0.4, 0.5) is 10.5 Å². The van der Waals surface area contributed by atoms with Crippen molar-refractivity contribution in [3.8, 4) is 0 Å². The summed E-state index contributed by atoms with van der Waals surface area (Å²) in [6.45, 7) is 8.14. The summed E-state index contributed by atoms with van der Waals surface area (Å²) in [7, 11) is 0. The lowest BCUT2D eigenvalue weighted by Gasteiger charge is -2.21. The molecule has 0 aromatic heterocycles. The zero-order valence-corrected chi connectivity index (χ0v) is 18.1. The highest BCUT2D eigenvalue weighted by molar-refractivity contribution is 5.87. The molecule has 178 valence electrons. The van der Waals surface area contributed by atoms with Crippen molar-refractivity contribution in [3.05, 3.63) is 63.7 Å². The van der Waals surface area contributed by atoms with Gasteiger partial charge in [0.2, 0.25) is 12.6 Å². The molecule has 2 aliphatic rings. The van der Waals surface area contributed by atoms with Gasteiger partial charge in [0.25, 0.3) is 5.69 Å². The van der Waals surface area contributed by atoms with E-state index in [4.69, 9.17) is 28.4 Å². The van der Waals surface area contributed by atoms with E-state index < -0.39 is 48.8 Å². The number of benzene rings is 1. The molecule has 12 heteroatoms. The molecule has 0 spiro atoms. The largest absolute Gasteiger partial charge is 0.513 e. The van der Waals surface area contributed by atoms with Crippen LogP contribution in [0.5, 0.6) is 0 Å². The molecule has 1 aromatic rings. The molecule has 3 rings (SSSR count). The standard InChI is InChI=1S/C21H23NO11/c1-12(2)19(23)30-10-17-28-8-14-5-6-15(16(7-14)22(26)27)9-29-18(33-21(25)32-17)11-31-20(24)13(3)4/h5-7,17-18H,1,3,8-11H2,2,4H3. The number of nitro groups is 1. The number of esters is 2. The highest BCUT2D eigenvalue weighted by Crippen LogP contribution is 2.23. The highest BCUT2D eigenvalue weighted by atomic mass is 16.8. The fraction of sp³-hybridized carbons (Fsp3) is 0.381. The van der Waals surface area contributed by atoms with Crippen molar-refractivity contribution in [2.24, 2.45) is 0 Å². The van der Waals surface area contributed by atoms with Gasteiger partial charge in [0.1, 0.15) is 0 Å². The van der Waals surface area contributed by atoms with Crippen LogP contribution in [-0.4, -0.2) is 48.8 Å². The van der Waals surface area contributed by atoms with Crippen LogP contribution < -0.4 is 0 Å². The SMILES string of the molecule is C=C(C)C(=O)OCC1OCc2ccc(c([N+](=O)[O-])c2)COC(COC(=O)C(=C)C)OC(=O)O1. The molecule has 2 atom stereocenters. The molecule has 0 saturated carbocycles. The fourth-order valence-corrected chi connectivity index (χ4v) is 2.37. The summed E-state index contributed by atoms with van der Waals surface area (Å²) in [6.07, 6.45) is -4.17. The summed E-state index contributed by atoms with van der Waals surface area (Å²) in [6, 6.07) is 4.27. The van der Waals surface area contributed by atoms with Crippen LogP contribution in [0.3, 0.4) is 0 Å². The third kappa shape index (κ3) is 8.01. The van der Waals surface area contributed by atoms with Crippen molar-refractivity contribution in [2.45, 2.75) is 39.6 Å². The van der Waals surface area contributed by atoms with Gasteiger partial charge in [0, 0.05) is 17.2 Å². The van der Waals surface area contributed by atoms with E-state index in [9.17, 15) is 24.5 Å². The Hall–Kier alpha value is -3.77. The van der Waals surface area contributed by atoms with Crippen LogP contribution in [0.25, 0.3) is 0 Å².